The van der Waals surface area contributed by atoms with E-state index in [1.165, 1.54) is 0 Å². The Labute approximate surface area is 63.9 Å². The fraction of sp³-hybridized carbons (Fsp3) is 0.667. The lowest BCUT2D eigenvalue weighted by Gasteiger charge is -2.19. The monoisotopic (exact) mass is 164 g/mol. The minimum absolute atomic E-state index is 0.149. The van der Waals surface area contributed by atoms with Crippen LogP contribution < -0.4 is 0 Å². The summed E-state index contributed by atoms with van der Waals surface area (Å²) in [6, 6.07) is 0. The van der Waals surface area contributed by atoms with Crippen molar-refractivity contribution >= 4 is 6.98 Å². The molecule has 1 nitrogen and oxygen atoms in total. The second kappa shape index (κ2) is 3.30. The molecule has 1 rings (SSSR count). The SMILES string of the molecule is F[B-](F)(F)CCN1CC=CC1. The maximum atomic E-state index is 11.7. The van der Waals surface area contributed by atoms with Gasteiger partial charge in [-0.3, -0.25) is 4.90 Å². The largest absolute Gasteiger partial charge is 0.479 e. The van der Waals surface area contributed by atoms with Crippen molar-refractivity contribution in [2.75, 3.05) is 19.6 Å². The summed E-state index contributed by atoms with van der Waals surface area (Å²) in [7, 11) is 0. The third kappa shape index (κ3) is 3.46. The standard InChI is InChI=1S/C6H10BF3N/c8-7(9,10)3-6-11-4-1-2-5-11/h1-2H,3-6H2/q-1. The molecule has 0 aromatic heterocycles. The molecule has 0 spiro atoms. The van der Waals surface area contributed by atoms with Crippen LogP contribution in [0.4, 0.5) is 12.9 Å². The Bertz CT molecular complexity index is 146. The molecule has 0 saturated carbocycles. The zero-order chi connectivity index (χ0) is 8.32. The number of nitrogens with zero attached hydrogens (tertiary/aromatic N) is 1. The zero-order valence-corrected chi connectivity index (χ0v) is 6.14. The summed E-state index contributed by atoms with van der Waals surface area (Å²) in [5.74, 6) is 0. The Morgan fingerprint density at radius 1 is 1.18 bits per heavy atom. The molecule has 0 unspecified atom stereocenters. The second-order valence-corrected chi connectivity index (χ2v) is 2.73. The van der Waals surface area contributed by atoms with Crippen LogP contribution in [-0.2, 0) is 0 Å². The molecule has 0 amide bonds. The predicted molar refractivity (Wildman–Crippen MR) is 39.5 cm³/mol. The Morgan fingerprint density at radius 2 is 1.73 bits per heavy atom. The molecular weight excluding hydrogens is 154 g/mol. The van der Waals surface area contributed by atoms with E-state index in [9.17, 15) is 12.9 Å². The Hall–Kier alpha value is -0.445. The fourth-order valence-electron chi connectivity index (χ4n) is 1.03. The Kier molecular flexibility index (Phi) is 2.60. The molecule has 11 heavy (non-hydrogen) atoms. The molecule has 5 heteroatoms. The highest BCUT2D eigenvalue weighted by Gasteiger charge is 2.23. The van der Waals surface area contributed by atoms with Crippen molar-refractivity contribution in [2.45, 2.75) is 6.32 Å². The lowest BCUT2D eigenvalue weighted by molar-refractivity contribution is 0.351. The first-order valence-electron chi connectivity index (χ1n) is 3.66. The highest BCUT2D eigenvalue weighted by molar-refractivity contribution is 6.58. The van der Waals surface area contributed by atoms with Crippen LogP contribution in [0.5, 0.6) is 0 Å². The first-order valence-corrected chi connectivity index (χ1v) is 3.66. The van der Waals surface area contributed by atoms with Gasteiger partial charge in [-0.25, -0.2) is 0 Å². The highest BCUT2D eigenvalue weighted by Crippen LogP contribution is 2.15. The van der Waals surface area contributed by atoms with E-state index in [1.807, 2.05) is 12.2 Å². The molecule has 1 aliphatic heterocycles. The van der Waals surface area contributed by atoms with Gasteiger partial charge in [-0.05, 0) is 6.54 Å². The molecule has 0 aromatic carbocycles. The van der Waals surface area contributed by atoms with Crippen molar-refractivity contribution in [1.29, 1.82) is 0 Å². The average molecular weight is 164 g/mol. The Morgan fingerprint density at radius 3 is 2.18 bits per heavy atom. The number of hydrogen-bond acceptors (Lipinski definition) is 1. The smallest absolute Gasteiger partial charge is 0.449 e. The average Bonchev–Trinajstić information content (AvgIpc) is 2.32. The summed E-state index contributed by atoms with van der Waals surface area (Å²) in [5.41, 5.74) is 0. The van der Waals surface area contributed by atoms with E-state index >= 15 is 0 Å². The van der Waals surface area contributed by atoms with E-state index in [1.54, 1.807) is 4.90 Å². The van der Waals surface area contributed by atoms with Crippen LogP contribution in [0.1, 0.15) is 0 Å². The van der Waals surface area contributed by atoms with Crippen LogP contribution in [0.2, 0.25) is 6.32 Å². The molecule has 1 aliphatic rings. The second-order valence-electron chi connectivity index (χ2n) is 2.73. The van der Waals surface area contributed by atoms with Crippen molar-refractivity contribution in [3.63, 3.8) is 0 Å². The van der Waals surface area contributed by atoms with Crippen molar-refractivity contribution in [3.8, 4) is 0 Å². The van der Waals surface area contributed by atoms with Crippen LogP contribution in [0, 0.1) is 0 Å². The molecule has 0 saturated heterocycles. The Balaban J connectivity index is 2.13. The quantitative estimate of drug-likeness (QED) is 0.453. The summed E-state index contributed by atoms with van der Waals surface area (Å²) in [4.78, 5) is 1.77. The molecule has 0 radical (unpaired) electrons. The molecule has 64 valence electrons. The van der Waals surface area contributed by atoms with Gasteiger partial charge in [0.25, 0.3) is 0 Å². The zero-order valence-electron chi connectivity index (χ0n) is 6.14. The summed E-state index contributed by atoms with van der Waals surface area (Å²) in [5, 5.41) is 0. The van der Waals surface area contributed by atoms with E-state index in [0.29, 0.717) is 13.1 Å². The molecule has 0 aliphatic carbocycles. The van der Waals surface area contributed by atoms with Gasteiger partial charge in [-0.2, -0.15) is 0 Å². The van der Waals surface area contributed by atoms with E-state index in [4.69, 9.17) is 0 Å². The van der Waals surface area contributed by atoms with Gasteiger partial charge < -0.3 is 12.9 Å². The van der Waals surface area contributed by atoms with Crippen LogP contribution in [0.15, 0.2) is 12.2 Å². The van der Waals surface area contributed by atoms with E-state index in [-0.39, 0.29) is 6.54 Å². The van der Waals surface area contributed by atoms with Gasteiger partial charge in [-0.1, -0.05) is 18.5 Å². The summed E-state index contributed by atoms with van der Waals surface area (Å²) in [6.45, 7) is -3.09. The molecule has 0 atom stereocenters. The van der Waals surface area contributed by atoms with Crippen molar-refractivity contribution in [1.82, 2.24) is 4.90 Å². The van der Waals surface area contributed by atoms with Crippen LogP contribution in [-0.4, -0.2) is 31.5 Å². The normalized spacial score (nSPS) is 19.5. The molecule has 0 bridgehead atoms. The maximum absolute atomic E-state index is 11.7. The third-order valence-corrected chi connectivity index (χ3v) is 1.67. The third-order valence-electron chi connectivity index (χ3n) is 1.67. The first-order chi connectivity index (χ1) is 5.08. The first kappa shape index (κ1) is 8.65. The lowest BCUT2D eigenvalue weighted by atomic mass is 9.86. The predicted octanol–water partition coefficient (Wildman–Crippen LogP) is 1.71. The van der Waals surface area contributed by atoms with Gasteiger partial charge in [-0.15, -0.1) is 0 Å². The maximum Gasteiger partial charge on any atom is 0.479 e. The van der Waals surface area contributed by atoms with Gasteiger partial charge in [0, 0.05) is 13.1 Å². The molecule has 0 fully saturated rings. The van der Waals surface area contributed by atoms with Gasteiger partial charge in [0.2, 0.25) is 0 Å². The van der Waals surface area contributed by atoms with Crippen LogP contribution in [0.3, 0.4) is 0 Å². The molecule has 1 heterocycles. The summed E-state index contributed by atoms with van der Waals surface area (Å²) < 4.78 is 35.2. The minimum atomic E-state index is -4.59. The van der Waals surface area contributed by atoms with Gasteiger partial charge >= 0.3 is 6.98 Å². The lowest BCUT2D eigenvalue weighted by Crippen LogP contribution is -2.27. The number of rotatable bonds is 3. The van der Waals surface area contributed by atoms with E-state index < -0.39 is 13.3 Å². The van der Waals surface area contributed by atoms with Crippen molar-refractivity contribution in [2.24, 2.45) is 0 Å². The van der Waals surface area contributed by atoms with E-state index in [2.05, 4.69) is 0 Å². The van der Waals surface area contributed by atoms with Crippen LogP contribution in [0.25, 0.3) is 0 Å². The minimum Gasteiger partial charge on any atom is -0.449 e. The summed E-state index contributed by atoms with van der Waals surface area (Å²) in [6.07, 6.45) is 3.15. The van der Waals surface area contributed by atoms with Crippen molar-refractivity contribution < 1.29 is 12.9 Å². The molecule has 0 N–H and O–H groups in total. The fourth-order valence-corrected chi connectivity index (χ4v) is 1.03. The van der Waals surface area contributed by atoms with Crippen LogP contribution >= 0.6 is 0 Å². The van der Waals surface area contributed by atoms with Gasteiger partial charge in [0.15, 0.2) is 0 Å². The summed E-state index contributed by atoms with van der Waals surface area (Å²) >= 11 is 0. The number of halogens is 3. The van der Waals surface area contributed by atoms with E-state index in [0.717, 1.165) is 0 Å². The molecule has 0 aromatic rings. The van der Waals surface area contributed by atoms with Gasteiger partial charge in [0.1, 0.15) is 0 Å². The highest BCUT2D eigenvalue weighted by atomic mass is 19.4. The van der Waals surface area contributed by atoms with Gasteiger partial charge in [0.05, 0.1) is 0 Å². The topological polar surface area (TPSA) is 3.24 Å². The molecular formula is C6H10BF3N-. The van der Waals surface area contributed by atoms with Crippen molar-refractivity contribution in [3.05, 3.63) is 12.2 Å². The number of hydrogen-bond donors (Lipinski definition) is 0.